The van der Waals surface area contributed by atoms with Crippen LogP contribution in [0.3, 0.4) is 0 Å². The molecule has 5 heteroatoms. The summed E-state index contributed by atoms with van der Waals surface area (Å²) >= 11 is 0. The van der Waals surface area contributed by atoms with Crippen LogP contribution >= 0.6 is 0 Å². The third kappa shape index (κ3) is 3.76. The molecular weight excluding hydrogens is 436 g/mol. The maximum atomic E-state index is 12.1. The fourth-order valence-corrected chi connectivity index (χ4v) is 5.64. The van der Waals surface area contributed by atoms with Crippen molar-refractivity contribution < 1.29 is 9.47 Å². The Morgan fingerprint density at radius 3 is 1.97 bits per heavy atom. The highest BCUT2D eigenvalue weighted by Gasteiger charge is 2.45. The number of rotatable bonds is 6. The lowest BCUT2D eigenvalue weighted by atomic mass is 9.80. The van der Waals surface area contributed by atoms with Crippen LogP contribution in [0.5, 0.6) is 6.01 Å². The minimum absolute atomic E-state index is 0.0189. The summed E-state index contributed by atoms with van der Waals surface area (Å²) in [5.41, 5.74) is 2.94. The van der Waals surface area contributed by atoms with Crippen molar-refractivity contribution in [3.8, 4) is 6.01 Å². The molecule has 1 aromatic heterocycles. The highest BCUT2D eigenvalue weighted by Crippen LogP contribution is 2.45. The maximum absolute atomic E-state index is 12.1. The van der Waals surface area contributed by atoms with E-state index in [2.05, 4.69) is 77.8 Å². The molecule has 2 bridgehead atoms. The summed E-state index contributed by atoms with van der Waals surface area (Å²) in [7, 11) is 0. The number of fused-ring (bicyclic) bond motifs is 4. The normalized spacial score (nSPS) is 20.8. The minimum atomic E-state index is -0.752. The first-order valence-corrected chi connectivity index (χ1v) is 12.2. The Balaban J connectivity index is 1.37. The summed E-state index contributed by atoms with van der Waals surface area (Å²) in [6, 6.07) is 32.0. The van der Waals surface area contributed by atoms with Gasteiger partial charge in [-0.1, -0.05) is 91.0 Å². The second kappa shape index (κ2) is 8.82. The molecule has 35 heavy (non-hydrogen) atoms. The van der Waals surface area contributed by atoms with Crippen molar-refractivity contribution >= 4 is 0 Å². The zero-order valence-corrected chi connectivity index (χ0v) is 19.7. The molecule has 1 saturated carbocycles. The highest BCUT2D eigenvalue weighted by molar-refractivity contribution is 5.47. The molecule has 1 fully saturated rings. The second-order valence-corrected chi connectivity index (χ2v) is 9.55. The average molecular weight is 465 g/mol. The van der Waals surface area contributed by atoms with Gasteiger partial charge in [-0.15, -0.1) is 0 Å². The first-order chi connectivity index (χ1) is 17.1. The van der Waals surface area contributed by atoms with Crippen LogP contribution in [0.4, 0.5) is 0 Å². The molecule has 3 atom stereocenters. The third-order valence-corrected chi connectivity index (χ3v) is 7.40. The summed E-state index contributed by atoms with van der Waals surface area (Å²) in [4.78, 5) is 16.3. The third-order valence-electron chi connectivity index (χ3n) is 7.40. The van der Waals surface area contributed by atoms with Gasteiger partial charge in [0, 0.05) is 30.1 Å². The SMILES string of the molecule is Cc1cn2c(nc1=O)O[C@@H]1C[C@H]2C[C@@H]1COC(c1ccccc1)(c1ccccc1)c1ccccc1. The van der Waals surface area contributed by atoms with E-state index in [1.54, 1.807) is 6.92 Å². The Kier molecular flexibility index (Phi) is 5.50. The van der Waals surface area contributed by atoms with Gasteiger partial charge in [-0.3, -0.25) is 9.36 Å². The molecule has 1 aliphatic carbocycles. The van der Waals surface area contributed by atoms with E-state index in [4.69, 9.17) is 9.47 Å². The Bertz CT molecular complexity index is 1270. The Morgan fingerprint density at radius 2 is 1.43 bits per heavy atom. The topological polar surface area (TPSA) is 53.4 Å². The van der Waals surface area contributed by atoms with Gasteiger partial charge < -0.3 is 9.47 Å². The molecule has 0 spiro atoms. The first kappa shape index (κ1) is 21.8. The van der Waals surface area contributed by atoms with Crippen LogP contribution in [-0.2, 0) is 10.3 Å². The van der Waals surface area contributed by atoms with Crippen LogP contribution in [0.15, 0.2) is 102 Å². The zero-order chi connectivity index (χ0) is 23.8. The van der Waals surface area contributed by atoms with Gasteiger partial charge in [0.25, 0.3) is 11.6 Å². The summed E-state index contributed by atoms with van der Waals surface area (Å²) in [6.07, 6.45) is 3.70. The molecule has 2 heterocycles. The quantitative estimate of drug-likeness (QED) is 0.365. The van der Waals surface area contributed by atoms with Gasteiger partial charge in [-0.25, -0.2) is 0 Å². The summed E-state index contributed by atoms with van der Waals surface area (Å²) in [5.74, 6) is 0.188. The van der Waals surface area contributed by atoms with Crippen LogP contribution in [0.25, 0.3) is 0 Å². The van der Waals surface area contributed by atoms with E-state index in [0.717, 1.165) is 29.5 Å². The molecule has 6 rings (SSSR count). The summed E-state index contributed by atoms with van der Waals surface area (Å²) in [6.45, 7) is 2.33. The Morgan fingerprint density at radius 1 is 0.886 bits per heavy atom. The fraction of sp³-hybridized carbons (Fsp3) is 0.267. The average Bonchev–Trinajstić information content (AvgIpc) is 3.24. The Hall–Kier alpha value is -3.70. The van der Waals surface area contributed by atoms with Crippen LogP contribution in [0, 0.1) is 12.8 Å². The molecular formula is C30H28N2O3. The van der Waals surface area contributed by atoms with E-state index in [1.165, 1.54) is 0 Å². The monoisotopic (exact) mass is 464 g/mol. The van der Waals surface area contributed by atoms with Crippen LogP contribution < -0.4 is 10.3 Å². The molecule has 176 valence electrons. The van der Waals surface area contributed by atoms with Gasteiger partial charge in [0.2, 0.25) is 0 Å². The number of benzene rings is 3. The first-order valence-electron chi connectivity index (χ1n) is 12.2. The van der Waals surface area contributed by atoms with E-state index in [-0.39, 0.29) is 23.6 Å². The van der Waals surface area contributed by atoms with Crippen molar-refractivity contribution in [3.63, 3.8) is 0 Å². The lowest BCUT2D eigenvalue weighted by Gasteiger charge is -2.37. The van der Waals surface area contributed by atoms with E-state index in [0.29, 0.717) is 18.2 Å². The molecule has 0 unspecified atom stereocenters. The van der Waals surface area contributed by atoms with Crippen molar-refractivity contribution in [2.45, 2.75) is 37.5 Å². The van der Waals surface area contributed by atoms with Gasteiger partial charge in [-0.2, -0.15) is 4.98 Å². The molecule has 4 aromatic rings. The van der Waals surface area contributed by atoms with Crippen LogP contribution in [0.2, 0.25) is 0 Å². The lowest BCUT2D eigenvalue weighted by Crippen LogP contribution is -2.37. The van der Waals surface area contributed by atoms with Crippen molar-refractivity contribution in [1.82, 2.24) is 9.55 Å². The van der Waals surface area contributed by atoms with Gasteiger partial charge >= 0.3 is 0 Å². The van der Waals surface area contributed by atoms with Crippen molar-refractivity contribution in [1.29, 1.82) is 0 Å². The highest BCUT2D eigenvalue weighted by atomic mass is 16.5. The van der Waals surface area contributed by atoms with E-state index in [9.17, 15) is 4.79 Å². The molecule has 3 aromatic carbocycles. The smallest absolute Gasteiger partial charge is 0.300 e. The number of hydrogen-bond donors (Lipinski definition) is 0. The van der Waals surface area contributed by atoms with Crippen LogP contribution in [0.1, 0.15) is 41.1 Å². The zero-order valence-electron chi connectivity index (χ0n) is 19.7. The molecule has 0 amide bonds. The van der Waals surface area contributed by atoms with Gasteiger partial charge in [0.05, 0.1) is 6.61 Å². The number of hydrogen-bond acceptors (Lipinski definition) is 4. The lowest BCUT2D eigenvalue weighted by molar-refractivity contribution is -0.0264. The largest absolute Gasteiger partial charge is 0.461 e. The number of aryl methyl sites for hydroxylation is 1. The molecule has 2 aliphatic rings. The molecule has 0 radical (unpaired) electrons. The standard InChI is InChI=1S/C30H28N2O3/c1-21-19-32-26-17-22(27(18-26)35-29(32)31-28(21)33)20-34-30(23-11-5-2-6-12-23,24-13-7-3-8-14-24)25-15-9-4-10-16-25/h2-16,19,22,26-27H,17-18,20H2,1H3/t22-,26-,27-/m1/s1. The van der Waals surface area contributed by atoms with Gasteiger partial charge in [0.1, 0.15) is 11.7 Å². The number of ether oxygens (including phenoxy) is 2. The maximum Gasteiger partial charge on any atom is 0.300 e. The van der Waals surface area contributed by atoms with Crippen molar-refractivity contribution in [3.05, 3.63) is 130 Å². The number of aromatic nitrogens is 2. The van der Waals surface area contributed by atoms with Crippen molar-refractivity contribution in [2.24, 2.45) is 5.92 Å². The van der Waals surface area contributed by atoms with E-state index in [1.807, 2.05) is 29.0 Å². The Labute approximate surface area is 205 Å². The molecule has 1 aliphatic heterocycles. The second-order valence-electron chi connectivity index (χ2n) is 9.55. The minimum Gasteiger partial charge on any atom is -0.461 e. The molecule has 0 N–H and O–H groups in total. The molecule has 0 saturated heterocycles. The van der Waals surface area contributed by atoms with E-state index < -0.39 is 5.60 Å². The van der Waals surface area contributed by atoms with E-state index >= 15 is 0 Å². The van der Waals surface area contributed by atoms with Gasteiger partial charge in [0.15, 0.2) is 0 Å². The summed E-state index contributed by atoms with van der Waals surface area (Å²) in [5, 5.41) is 0. The predicted molar refractivity (Wildman–Crippen MR) is 135 cm³/mol. The van der Waals surface area contributed by atoms with Gasteiger partial charge in [-0.05, 0) is 30.0 Å². The van der Waals surface area contributed by atoms with Crippen molar-refractivity contribution in [2.75, 3.05) is 6.61 Å². The number of nitrogens with zero attached hydrogens (tertiary/aromatic N) is 2. The predicted octanol–water partition coefficient (Wildman–Crippen LogP) is 5.27. The van der Waals surface area contributed by atoms with Crippen LogP contribution in [-0.4, -0.2) is 22.3 Å². The molecule has 5 nitrogen and oxygen atoms in total. The summed E-state index contributed by atoms with van der Waals surface area (Å²) < 4.78 is 15.3. The fourth-order valence-electron chi connectivity index (χ4n) is 5.64.